The fourth-order valence-corrected chi connectivity index (χ4v) is 0.924. The van der Waals surface area contributed by atoms with Crippen LogP contribution < -0.4 is 0 Å². The third-order valence-corrected chi connectivity index (χ3v) is 2.04. The van der Waals surface area contributed by atoms with Crippen molar-refractivity contribution in [1.82, 2.24) is 4.90 Å². The monoisotopic (exact) mass is 169 g/mol. The quantitative estimate of drug-likeness (QED) is 0.634. The Balaban J connectivity index is 4.00. The zero-order chi connectivity index (χ0) is 9.56. The average molecular weight is 169 g/mol. The predicted octanol–water partition coefficient (Wildman–Crippen LogP) is 1.78. The average Bonchev–Trinajstić information content (AvgIpc) is 2.11. The van der Waals surface area contributed by atoms with Gasteiger partial charge in [-0.1, -0.05) is 25.7 Å². The van der Waals surface area contributed by atoms with Crippen molar-refractivity contribution in [1.29, 1.82) is 0 Å². The fourth-order valence-electron chi connectivity index (χ4n) is 0.924. The summed E-state index contributed by atoms with van der Waals surface area (Å²) < 4.78 is 0. The minimum absolute atomic E-state index is 0.108. The maximum absolute atomic E-state index is 8.56. The summed E-state index contributed by atoms with van der Waals surface area (Å²) in [6.45, 7) is 8.20. The van der Waals surface area contributed by atoms with Gasteiger partial charge < -0.3 is 10.0 Å². The number of likely N-dealkylation sites (N-methyl/N-ethyl adjacent to an activating group) is 1. The topological polar surface area (TPSA) is 23.5 Å². The van der Waals surface area contributed by atoms with Crippen LogP contribution in [0.15, 0.2) is 24.4 Å². The highest BCUT2D eigenvalue weighted by Crippen LogP contribution is 2.08. The van der Waals surface area contributed by atoms with Crippen LogP contribution in [0.5, 0.6) is 0 Å². The van der Waals surface area contributed by atoms with Crippen molar-refractivity contribution >= 4 is 0 Å². The van der Waals surface area contributed by atoms with Crippen molar-refractivity contribution < 1.29 is 5.11 Å². The first-order valence-electron chi connectivity index (χ1n) is 4.31. The van der Waals surface area contributed by atoms with Crippen LogP contribution in [0, 0.1) is 0 Å². The van der Waals surface area contributed by atoms with Gasteiger partial charge in [0.25, 0.3) is 0 Å². The predicted molar refractivity (Wildman–Crippen MR) is 52.9 cm³/mol. The molecule has 0 radical (unpaired) electrons. The Morgan fingerprint density at radius 3 is 2.67 bits per heavy atom. The molecule has 0 spiro atoms. The molecule has 0 rings (SSSR count). The van der Waals surface area contributed by atoms with Crippen LogP contribution in [-0.4, -0.2) is 29.7 Å². The molecule has 70 valence electrons. The lowest BCUT2D eigenvalue weighted by molar-refractivity contribution is 0.335. The van der Waals surface area contributed by atoms with Crippen molar-refractivity contribution in [2.75, 3.05) is 13.7 Å². The highest BCUT2D eigenvalue weighted by molar-refractivity contribution is 5.00. The number of nitrogens with zero attached hydrogens (tertiary/aromatic N) is 1. The standard InChI is InChI=1S/C10H19NO/c1-5-9(2)11(4)10(3)7-6-8-12/h6-7,10,12H,2,5,8H2,1,3-4H3. The molecule has 0 amide bonds. The van der Waals surface area contributed by atoms with E-state index < -0.39 is 0 Å². The first kappa shape index (κ1) is 11.2. The molecule has 1 atom stereocenters. The van der Waals surface area contributed by atoms with Crippen LogP contribution in [0.3, 0.4) is 0 Å². The van der Waals surface area contributed by atoms with E-state index in [4.69, 9.17) is 5.11 Å². The van der Waals surface area contributed by atoms with Gasteiger partial charge in [0.1, 0.15) is 0 Å². The van der Waals surface area contributed by atoms with Gasteiger partial charge in [-0.05, 0) is 13.3 Å². The van der Waals surface area contributed by atoms with Crippen molar-refractivity contribution in [2.24, 2.45) is 0 Å². The second-order valence-electron chi connectivity index (χ2n) is 2.88. The van der Waals surface area contributed by atoms with Crippen LogP contribution in [-0.2, 0) is 0 Å². The first-order valence-corrected chi connectivity index (χ1v) is 4.31. The molecule has 0 aliphatic heterocycles. The Hall–Kier alpha value is -0.760. The van der Waals surface area contributed by atoms with Gasteiger partial charge in [-0.3, -0.25) is 0 Å². The molecule has 0 heterocycles. The third-order valence-electron chi connectivity index (χ3n) is 2.04. The lowest BCUT2D eigenvalue weighted by Gasteiger charge is -2.25. The van der Waals surface area contributed by atoms with Gasteiger partial charge in [-0.25, -0.2) is 0 Å². The first-order chi connectivity index (χ1) is 5.63. The maximum Gasteiger partial charge on any atom is 0.0613 e. The van der Waals surface area contributed by atoms with E-state index in [2.05, 4.69) is 25.3 Å². The Morgan fingerprint density at radius 1 is 1.67 bits per heavy atom. The Morgan fingerprint density at radius 2 is 2.25 bits per heavy atom. The zero-order valence-electron chi connectivity index (χ0n) is 8.25. The maximum atomic E-state index is 8.56. The van der Waals surface area contributed by atoms with Gasteiger partial charge in [0.15, 0.2) is 0 Å². The molecular weight excluding hydrogens is 150 g/mol. The molecular formula is C10H19NO. The number of hydrogen-bond acceptors (Lipinski definition) is 2. The smallest absolute Gasteiger partial charge is 0.0613 e. The van der Waals surface area contributed by atoms with E-state index in [1.165, 1.54) is 0 Å². The van der Waals surface area contributed by atoms with Gasteiger partial charge in [0, 0.05) is 18.8 Å². The molecule has 0 bridgehead atoms. The SMILES string of the molecule is C=C(CC)N(C)C(C)C=CCO. The van der Waals surface area contributed by atoms with Crippen LogP contribution in [0.4, 0.5) is 0 Å². The molecule has 2 nitrogen and oxygen atoms in total. The van der Waals surface area contributed by atoms with Crippen molar-refractivity contribution in [3.05, 3.63) is 24.4 Å². The van der Waals surface area contributed by atoms with Crippen molar-refractivity contribution in [3.8, 4) is 0 Å². The van der Waals surface area contributed by atoms with Crippen LogP contribution in [0.1, 0.15) is 20.3 Å². The number of rotatable bonds is 5. The van der Waals surface area contributed by atoms with Gasteiger partial charge in [0.2, 0.25) is 0 Å². The Kier molecular flexibility index (Phi) is 5.47. The minimum atomic E-state index is 0.108. The van der Waals surface area contributed by atoms with Crippen LogP contribution in [0.25, 0.3) is 0 Å². The van der Waals surface area contributed by atoms with Gasteiger partial charge in [0.05, 0.1) is 6.61 Å². The molecule has 2 heteroatoms. The summed E-state index contributed by atoms with van der Waals surface area (Å²) in [5.74, 6) is 0. The summed E-state index contributed by atoms with van der Waals surface area (Å²) in [6, 6.07) is 0.310. The Labute approximate surface area is 75.2 Å². The summed E-state index contributed by atoms with van der Waals surface area (Å²) in [4.78, 5) is 2.10. The van der Waals surface area contributed by atoms with Gasteiger partial charge in [-0.2, -0.15) is 0 Å². The summed E-state index contributed by atoms with van der Waals surface area (Å²) in [7, 11) is 2.01. The van der Waals surface area contributed by atoms with Gasteiger partial charge in [-0.15, -0.1) is 0 Å². The van der Waals surface area contributed by atoms with E-state index in [0.717, 1.165) is 12.1 Å². The molecule has 0 aliphatic rings. The molecule has 1 N–H and O–H groups in total. The van der Waals surface area contributed by atoms with Crippen LogP contribution in [0.2, 0.25) is 0 Å². The highest BCUT2D eigenvalue weighted by Gasteiger charge is 2.04. The molecule has 0 aromatic carbocycles. The molecule has 12 heavy (non-hydrogen) atoms. The van der Waals surface area contributed by atoms with E-state index >= 15 is 0 Å². The fraction of sp³-hybridized carbons (Fsp3) is 0.600. The van der Waals surface area contributed by atoms with E-state index in [0.29, 0.717) is 6.04 Å². The largest absolute Gasteiger partial charge is 0.392 e. The summed E-state index contributed by atoms with van der Waals surface area (Å²) in [6.07, 6.45) is 4.69. The zero-order valence-corrected chi connectivity index (χ0v) is 8.25. The molecule has 0 aromatic heterocycles. The number of hydrogen-bond donors (Lipinski definition) is 1. The molecule has 0 aromatic rings. The minimum Gasteiger partial charge on any atom is -0.392 e. The highest BCUT2D eigenvalue weighted by atomic mass is 16.2. The molecule has 0 aliphatic carbocycles. The van der Waals surface area contributed by atoms with Crippen molar-refractivity contribution in [2.45, 2.75) is 26.3 Å². The van der Waals surface area contributed by atoms with E-state index in [-0.39, 0.29) is 6.61 Å². The lowest BCUT2D eigenvalue weighted by Crippen LogP contribution is -2.25. The Bertz CT molecular complexity index is 163. The normalized spacial score (nSPS) is 13.3. The van der Waals surface area contributed by atoms with Gasteiger partial charge >= 0.3 is 0 Å². The van der Waals surface area contributed by atoms with E-state index in [1.807, 2.05) is 13.1 Å². The number of aliphatic hydroxyl groups is 1. The lowest BCUT2D eigenvalue weighted by atomic mass is 10.2. The van der Waals surface area contributed by atoms with E-state index in [1.54, 1.807) is 6.08 Å². The van der Waals surface area contributed by atoms with Crippen molar-refractivity contribution in [3.63, 3.8) is 0 Å². The molecule has 0 saturated carbocycles. The second-order valence-corrected chi connectivity index (χ2v) is 2.88. The second kappa shape index (κ2) is 5.84. The summed E-state index contributed by atoms with van der Waals surface area (Å²) in [5, 5.41) is 8.56. The van der Waals surface area contributed by atoms with Crippen LogP contribution >= 0.6 is 0 Å². The number of allylic oxidation sites excluding steroid dienone is 1. The summed E-state index contributed by atoms with van der Waals surface area (Å²) >= 11 is 0. The number of aliphatic hydroxyl groups excluding tert-OH is 1. The third kappa shape index (κ3) is 3.58. The van der Waals surface area contributed by atoms with E-state index in [9.17, 15) is 0 Å². The summed E-state index contributed by atoms with van der Waals surface area (Å²) in [5.41, 5.74) is 1.12. The molecule has 0 fully saturated rings. The molecule has 0 saturated heterocycles. The molecule has 1 unspecified atom stereocenters.